The average Bonchev–Trinajstić information content (AvgIpc) is 3.41. The standard InChI is InChI=1S/C31H30FN9O2/c1-43-25-9-5-17(12-23(25)32)24-8-4-18(13-34-24)22-14-37-41-28(33)26(16-2-3-16)27(38-30(22)41)19-10-20-6-7-21(11-19)40(20)31(42)29-35-15-36-39-29/h4-5,8-9,12-16,19-21H,2-3,6-7,10-11,33H2,1H3,(H,35,36,39). The summed E-state index contributed by atoms with van der Waals surface area (Å²) in [5.41, 5.74) is 12.7. The Morgan fingerprint density at radius 1 is 1.02 bits per heavy atom. The molecule has 3 N–H and O–H groups in total. The first kappa shape index (κ1) is 25.8. The van der Waals surface area contributed by atoms with Gasteiger partial charge in [-0.25, -0.2) is 14.4 Å². The number of H-pyrrole nitrogens is 1. The second kappa shape index (κ2) is 9.85. The Bertz CT molecular complexity index is 1840. The molecule has 2 bridgehead atoms. The number of pyridine rings is 1. The van der Waals surface area contributed by atoms with Gasteiger partial charge in [-0.2, -0.15) is 14.7 Å². The van der Waals surface area contributed by atoms with Crippen LogP contribution in [-0.2, 0) is 0 Å². The van der Waals surface area contributed by atoms with Crippen LogP contribution in [0.3, 0.4) is 0 Å². The van der Waals surface area contributed by atoms with Crippen molar-refractivity contribution in [3.63, 3.8) is 0 Å². The van der Waals surface area contributed by atoms with Gasteiger partial charge in [0.05, 0.1) is 24.7 Å². The number of anilines is 1. The van der Waals surface area contributed by atoms with Gasteiger partial charge in [0.1, 0.15) is 12.1 Å². The zero-order chi connectivity index (χ0) is 29.2. The summed E-state index contributed by atoms with van der Waals surface area (Å²) in [4.78, 5) is 29.2. The number of fused-ring (bicyclic) bond motifs is 3. The highest BCUT2D eigenvalue weighted by atomic mass is 19.1. The number of carbonyl (C=O) groups is 1. The van der Waals surface area contributed by atoms with Gasteiger partial charge >= 0.3 is 0 Å². The third-order valence-electron chi connectivity index (χ3n) is 9.23. The van der Waals surface area contributed by atoms with Gasteiger partial charge in [0.15, 0.2) is 17.2 Å². The highest BCUT2D eigenvalue weighted by molar-refractivity contribution is 5.91. The second-order valence-corrected chi connectivity index (χ2v) is 11.7. The van der Waals surface area contributed by atoms with Crippen LogP contribution < -0.4 is 10.5 Å². The Morgan fingerprint density at radius 3 is 2.47 bits per heavy atom. The number of nitrogens with zero attached hydrogens (tertiary/aromatic N) is 7. The number of amides is 1. The quantitative estimate of drug-likeness (QED) is 0.294. The first-order valence-corrected chi connectivity index (χ1v) is 14.7. The third kappa shape index (κ3) is 4.23. The fourth-order valence-corrected chi connectivity index (χ4v) is 7.06. The summed E-state index contributed by atoms with van der Waals surface area (Å²) in [6.45, 7) is 0. The summed E-state index contributed by atoms with van der Waals surface area (Å²) in [6, 6.07) is 8.85. The van der Waals surface area contributed by atoms with Crippen LogP contribution in [0, 0.1) is 5.82 Å². The summed E-state index contributed by atoms with van der Waals surface area (Å²) in [6.07, 6.45) is 10.7. The average molecular weight is 580 g/mol. The number of nitrogens with one attached hydrogen (secondary N) is 1. The number of halogens is 1. The number of hydrogen-bond acceptors (Lipinski definition) is 8. The lowest BCUT2D eigenvalue weighted by Gasteiger charge is -2.39. The fourth-order valence-electron chi connectivity index (χ4n) is 7.06. The number of nitrogen functional groups attached to an aromatic ring is 1. The number of aromatic amines is 1. The Hall–Kier alpha value is -4.87. The van der Waals surface area contributed by atoms with Crippen molar-refractivity contribution in [3.8, 4) is 28.1 Å². The predicted molar refractivity (Wildman–Crippen MR) is 156 cm³/mol. The van der Waals surface area contributed by atoms with Crippen molar-refractivity contribution < 1.29 is 13.9 Å². The molecule has 4 aromatic heterocycles. The number of hydrogen-bond donors (Lipinski definition) is 2. The first-order valence-electron chi connectivity index (χ1n) is 14.7. The number of carbonyl (C=O) groups excluding carboxylic acids is 1. The first-order chi connectivity index (χ1) is 21.0. The van der Waals surface area contributed by atoms with Crippen LogP contribution in [0.5, 0.6) is 5.75 Å². The monoisotopic (exact) mass is 579 g/mol. The van der Waals surface area contributed by atoms with E-state index < -0.39 is 5.82 Å². The van der Waals surface area contributed by atoms with E-state index >= 15 is 0 Å². The van der Waals surface area contributed by atoms with Crippen LogP contribution in [0.25, 0.3) is 28.0 Å². The summed E-state index contributed by atoms with van der Waals surface area (Å²) >= 11 is 0. The molecule has 2 aliphatic heterocycles. The van der Waals surface area contributed by atoms with Crippen molar-refractivity contribution in [1.82, 2.24) is 39.7 Å². The van der Waals surface area contributed by atoms with Crippen LogP contribution in [0.1, 0.15) is 72.2 Å². The summed E-state index contributed by atoms with van der Waals surface area (Å²) in [5.74, 6) is 1.17. The molecule has 1 saturated carbocycles. The van der Waals surface area contributed by atoms with E-state index in [-0.39, 0.29) is 29.7 Å². The minimum atomic E-state index is -0.436. The largest absolute Gasteiger partial charge is 0.494 e. The molecule has 2 atom stereocenters. The molecule has 5 aromatic rings. The van der Waals surface area contributed by atoms with Crippen molar-refractivity contribution in [2.24, 2.45) is 0 Å². The summed E-state index contributed by atoms with van der Waals surface area (Å²) < 4.78 is 21.1. The number of aromatic nitrogens is 7. The van der Waals surface area contributed by atoms with Gasteiger partial charge in [0.25, 0.3) is 5.91 Å². The van der Waals surface area contributed by atoms with E-state index in [1.54, 1.807) is 29.0 Å². The van der Waals surface area contributed by atoms with Crippen molar-refractivity contribution in [3.05, 3.63) is 72.0 Å². The molecule has 3 aliphatic rings. The number of benzene rings is 1. The molecule has 11 nitrogen and oxygen atoms in total. The number of rotatable bonds is 6. The number of piperidine rings is 1. The van der Waals surface area contributed by atoms with Crippen molar-refractivity contribution in [1.29, 1.82) is 0 Å². The van der Waals surface area contributed by atoms with Gasteiger partial charge in [0.2, 0.25) is 5.82 Å². The Kier molecular flexibility index (Phi) is 5.92. The molecule has 12 heteroatoms. The van der Waals surface area contributed by atoms with E-state index in [0.717, 1.165) is 60.9 Å². The fraction of sp³-hybridized carbons (Fsp3) is 0.355. The minimum Gasteiger partial charge on any atom is -0.494 e. The topological polar surface area (TPSA) is 140 Å². The normalized spacial score (nSPS) is 21.4. The SMILES string of the molecule is COc1ccc(-c2ccc(-c3cnn4c(N)c(C5CC5)c(C5CC6CCC(C5)N6C(=O)c5ncn[nH]5)nc34)cn2)cc1F. The third-order valence-corrected chi connectivity index (χ3v) is 9.23. The molecule has 0 spiro atoms. The van der Waals surface area contributed by atoms with Gasteiger partial charge in [-0.05, 0) is 68.7 Å². The van der Waals surface area contributed by atoms with Gasteiger partial charge in [-0.1, -0.05) is 6.07 Å². The van der Waals surface area contributed by atoms with Gasteiger partial charge in [0, 0.05) is 46.5 Å². The van der Waals surface area contributed by atoms with Crippen LogP contribution in [-0.4, -0.2) is 64.8 Å². The molecule has 6 heterocycles. The van der Waals surface area contributed by atoms with Crippen LogP contribution in [0.2, 0.25) is 0 Å². The van der Waals surface area contributed by atoms with Crippen molar-refractivity contribution in [2.45, 2.75) is 62.4 Å². The summed E-state index contributed by atoms with van der Waals surface area (Å²) in [7, 11) is 1.44. The Morgan fingerprint density at radius 2 is 1.81 bits per heavy atom. The van der Waals surface area contributed by atoms with Crippen molar-refractivity contribution in [2.75, 3.05) is 12.8 Å². The molecule has 8 rings (SSSR count). The molecule has 2 saturated heterocycles. The molecular formula is C31H30FN9O2. The number of nitrogens with two attached hydrogens (primary N) is 1. The van der Waals surface area contributed by atoms with E-state index in [4.69, 9.17) is 15.5 Å². The van der Waals surface area contributed by atoms with Gasteiger partial charge < -0.3 is 15.4 Å². The highest BCUT2D eigenvalue weighted by Crippen LogP contribution is 2.50. The van der Waals surface area contributed by atoms with Crippen LogP contribution in [0.4, 0.5) is 10.2 Å². The smallest absolute Gasteiger partial charge is 0.291 e. The predicted octanol–water partition coefficient (Wildman–Crippen LogP) is 4.73. The molecular weight excluding hydrogens is 549 g/mol. The highest BCUT2D eigenvalue weighted by Gasteiger charge is 2.46. The zero-order valence-electron chi connectivity index (χ0n) is 23.6. The van der Waals surface area contributed by atoms with E-state index in [2.05, 4.69) is 25.3 Å². The van der Waals surface area contributed by atoms with E-state index in [9.17, 15) is 9.18 Å². The van der Waals surface area contributed by atoms with E-state index in [0.29, 0.717) is 34.5 Å². The van der Waals surface area contributed by atoms with E-state index in [1.807, 2.05) is 17.0 Å². The molecule has 3 fully saturated rings. The maximum atomic E-state index is 14.3. The lowest BCUT2D eigenvalue weighted by molar-refractivity contribution is 0.0557. The second-order valence-electron chi connectivity index (χ2n) is 11.7. The van der Waals surface area contributed by atoms with Gasteiger partial charge in [-0.15, -0.1) is 0 Å². The van der Waals surface area contributed by atoms with Gasteiger partial charge in [-0.3, -0.25) is 14.9 Å². The summed E-state index contributed by atoms with van der Waals surface area (Å²) in [5, 5.41) is 11.2. The van der Waals surface area contributed by atoms with Crippen LogP contribution in [0.15, 0.2) is 49.1 Å². The number of ether oxygens (including phenoxy) is 1. The molecule has 1 amide bonds. The molecule has 1 aliphatic carbocycles. The molecule has 1 aromatic carbocycles. The van der Waals surface area contributed by atoms with E-state index in [1.165, 1.54) is 19.5 Å². The maximum absolute atomic E-state index is 14.3. The molecule has 0 radical (unpaired) electrons. The zero-order valence-corrected chi connectivity index (χ0v) is 23.6. The lowest BCUT2D eigenvalue weighted by Crippen LogP contribution is -2.46. The minimum absolute atomic E-state index is 0.0832. The maximum Gasteiger partial charge on any atom is 0.291 e. The lowest BCUT2D eigenvalue weighted by atomic mass is 9.85. The number of methoxy groups -OCH3 is 1. The Labute approximate surface area is 246 Å². The molecule has 2 unspecified atom stereocenters. The van der Waals surface area contributed by atoms with Crippen molar-refractivity contribution >= 4 is 17.4 Å². The molecule has 218 valence electrons. The Balaban J connectivity index is 1.14. The van der Waals surface area contributed by atoms with Crippen LogP contribution >= 0.6 is 0 Å². The molecule has 43 heavy (non-hydrogen) atoms.